The van der Waals surface area contributed by atoms with Gasteiger partial charge in [-0.25, -0.2) is 4.39 Å². The monoisotopic (exact) mass is 197 g/mol. The molecule has 74 valence electrons. The number of rotatable bonds is 3. The van der Waals surface area contributed by atoms with E-state index in [-0.39, 0.29) is 11.3 Å². The van der Waals surface area contributed by atoms with Gasteiger partial charge in [0.05, 0.1) is 4.92 Å². The molecular formula is C9H8FNO3. The van der Waals surface area contributed by atoms with Crippen LogP contribution in [0.3, 0.4) is 0 Å². The minimum atomic E-state index is -0.675. The van der Waals surface area contributed by atoms with E-state index in [2.05, 4.69) is 0 Å². The lowest BCUT2D eigenvalue weighted by molar-refractivity contribution is -0.385. The fourth-order valence-electron chi connectivity index (χ4n) is 1.13. The highest BCUT2D eigenvalue weighted by atomic mass is 19.1. The van der Waals surface area contributed by atoms with E-state index in [1.54, 1.807) is 0 Å². The van der Waals surface area contributed by atoms with E-state index in [0.717, 1.165) is 18.2 Å². The number of nitro benzene ring substituents is 1. The Labute approximate surface area is 79.5 Å². The summed E-state index contributed by atoms with van der Waals surface area (Å²) < 4.78 is 12.8. The second-order valence-corrected chi connectivity index (χ2v) is 2.89. The molecule has 4 nitrogen and oxygen atoms in total. The molecule has 1 unspecified atom stereocenters. The maximum atomic E-state index is 12.8. The number of benzene rings is 1. The van der Waals surface area contributed by atoms with Crippen molar-refractivity contribution in [1.82, 2.24) is 0 Å². The lowest BCUT2D eigenvalue weighted by Crippen LogP contribution is -2.01. The maximum absolute atomic E-state index is 12.8. The molecule has 0 aliphatic rings. The van der Waals surface area contributed by atoms with Crippen LogP contribution >= 0.6 is 0 Å². The largest absolute Gasteiger partial charge is 0.303 e. The fraction of sp³-hybridized carbons (Fsp3) is 0.222. The average molecular weight is 197 g/mol. The second kappa shape index (κ2) is 3.95. The van der Waals surface area contributed by atoms with Crippen LogP contribution in [0.1, 0.15) is 18.4 Å². The zero-order valence-corrected chi connectivity index (χ0v) is 7.44. The minimum Gasteiger partial charge on any atom is -0.303 e. The summed E-state index contributed by atoms with van der Waals surface area (Å²) in [6.45, 7) is 1.48. The van der Waals surface area contributed by atoms with Gasteiger partial charge in [0.2, 0.25) is 0 Å². The first kappa shape index (κ1) is 10.3. The van der Waals surface area contributed by atoms with Crippen molar-refractivity contribution in [2.75, 3.05) is 0 Å². The van der Waals surface area contributed by atoms with Gasteiger partial charge in [-0.3, -0.25) is 10.1 Å². The Balaban J connectivity index is 3.29. The van der Waals surface area contributed by atoms with E-state index in [4.69, 9.17) is 0 Å². The van der Waals surface area contributed by atoms with E-state index >= 15 is 0 Å². The highest BCUT2D eigenvalue weighted by molar-refractivity contribution is 5.65. The van der Waals surface area contributed by atoms with Crippen LogP contribution in [-0.2, 0) is 4.79 Å². The number of hydrogen-bond acceptors (Lipinski definition) is 3. The third kappa shape index (κ3) is 1.93. The Morgan fingerprint density at radius 1 is 1.57 bits per heavy atom. The predicted octanol–water partition coefficient (Wildman–Crippen LogP) is 2.04. The van der Waals surface area contributed by atoms with Gasteiger partial charge in [0.25, 0.3) is 5.69 Å². The third-order valence-corrected chi connectivity index (χ3v) is 1.88. The van der Waals surface area contributed by atoms with E-state index in [9.17, 15) is 19.3 Å². The summed E-state index contributed by atoms with van der Waals surface area (Å²) >= 11 is 0. The molecule has 0 bridgehead atoms. The highest BCUT2D eigenvalue weighted by Gasteiger charge is 2.18. The molecule has 0 aromatic heterocycles. The van der Waals surface area contributed by atoms with Crippen molar-refractivity contribution in [2.24, 2.45) is 0 Å². The lowest BCUT2D eigenvalue weighted by atomic mass is 10.0. The SMILES string of the molecule is CC(C=O)c1cc(F)ccc1[N+](=O)[O-]. The first-order chi connectivity index (χ1) is 6.56. The molecule has 5 heteroatoms. The Morgan fingerprint density at radius 3 is 2.71 bits per heavy atom. The standard InChI is InChI=1S/C9H8FNO3/c1-6(5-12)8-4-7(10)2-3-9(8)11(13)14/h2-6H,1H3. The maximum Gasteiger partial charge on any atom is 0.273 e. The molecule has 0 amide bonds. The Kier molecular flexibility index (Phi) is 2.91. The van der Waals surface area contributed by atoms with E-state index in [1.807, 2.05) is 0 Å². The van der Waals surface area contributed by atoms with Crippen LogP contribution < -0.4 is 0 Å². The summed E-state index contributed by atoms with van der Waals surface area (Å²) in [5.41, 5.74) is -0.129. The molecule has 0 saturated heterocycles. The topological polar surface area (TPSA) is 60.2 Å². The van der Waals surface area contributed by atoms with Gasteiger partial charge in [0, 0.05) is 17.5 Å². The minimum absolute atomic E-state index is 0.102. The molecular weight excluding hydrogens is 189 g/mol. The molecule has 0 radical (unpaired) electrons. The summed E-state index contributed by atoms with van der Waals surface area (Å²) in [5, 5.41) is 10.5. The van der Waals surface area contributed by atoms with Crippen LogP contribution in [0.2, 0.25) is 0 Å². The van der Waals surface area contributed by atoms with Crippen LogP contribution in [0, 0.1) is 15.9 Å². The van der Waals surface area contributed by atoms with Crippen molar-refractivity contribution in [3.63, 3.8) is 0 Å². The summed E-state index contributed by atoms with van der Waals surface area (Å²) in [7, 11) is 0. The van der Waals surface area contributed by atoms with Gasteiger partial charge >= 0.3 is 0 Å². The van der Waals surface area contributed by atoms with Crippen molar-refractivity contribution in [3.05, 3.63) is 39.7 Å². The number of nitro groups is 1. The van der Waals surface area contributed by atoms with Crippen molar-refractivity contribution < 1.29 is 14.1 Å². The van der Waals surface area contributed by atoms with E-state index < -0.39 is 16.7 Å². The molecule has 1 atom stereocenters. The lowest BCUT2D eigenvalue weighted by Gasteiger charge is -2.04. The number of carbonyl (C=O) groups excluding carboxylic acids is 1. The van der Waals surface area contributed by atoms with Crippen molar-refractivity contribution >= 4 is 12.0 Å². The smallest absolute Gasteiger partial charge is 0.273 e. The van der Waals surface area contributed by atoms with Gasteiger partial charge in [-0.15, -0.1) is 0 Å². The Bertz CT molecular complexity index is 378. The van der Waals surface area contributed by atoms with Gasteiger partial charge in [-0.1, -0.05) is 6.92 Å². The Hall–Kier alpha value is -1.78. The van der Waals surface area contributed by atoms with Crippen LogP contribution in [0.5, 0.6) is 0 Å². The summed E-state index contributed by atoms with van der Waals surface area (Å²) in [6.07, 6.45) is 0.543. The molecule has 1 aromatic carbocycles. The van der Waals surface area contributed by atoms with Crippen molar-refractivity contribution in [3.8, 4) is 0 Å². The number of hydrogen-bond donors (Lipinski definition) is 0. The fourth-order valence-corrected chi connectivity index (χ4v) is 1.13. The predicted molar refractivity (Wildman–Crippen MR) is 47.5 cm³/mol. The zero-order valence-electron chi connectivity index (χ0n) is 7.44. The number of nitrogens with zero attached hydrogens (tertiary/aromatic N) is 1. The molecule has 14 heavy (non-hydrogen) atoms. The highest BCUT2D eigenvalue weighted by Crippen LogP contribution is 2.25. The Morgan fingerprint density at radius 2 is 2.21 bits per heavy atom. The summed E-state index contributed by atoms with van der Waals surface area (Å²) in [4.78, 5) is 20.3. The van der Waals surface area contributed by atoms with Gasteiger partial charge in [-0.05, 0) is 12.1 Å². The third-order valence-electron chi connectivity index (χ3n) is 1.88. The van der Waals surface area contributed by atoms with Gasteiger partial charge in [-0.2, -0.15) is 0 Å². The average Bonchev–Trinajstić information content (AvgIpc) is 2.16. The van der Waals surface area contributed by atoms with E-state index in [1.165, 1.54) is 6.92 Å². The molecule has 0 aliphatic carbocycles. The zero-order chi connectivity index (χ0) is 10.7. The molecule has 0 aliphatic heterocycles. The first-order valence-corrected chi connectivity index (χ1v) is 3.95. The molecule has 1 rings (SSSR count). The molecule has 0 N–H and O–H groups in total. The molecule has 0 spiro atoms. The normalized spacial score (nSPS) is 12.1. The summed E-state index contributed by atoms with van der Waals surface area (Å²) in [6, 6.07) is 3.07. The molecule has 1 aromatic rings. The van der Waals surface area contributed by atoms with Crippen LogP contribution in [0.4, 0.5) is 10.1 Å². The quantitative estimate of drug-likeness (QED) is 0.423. The second-order valence-electron chi connectivity index (χ2n) is 2.89. The van der Waals surface area contributed by atoms with Crippen LogP contribution in [0.25, 0.3) is 0 Å². The number of halogens is 1. The van der Waals surface area contributed by atoms with Gasteiger partial charge < -0.3 is 4.79 Å². The summed E-state index contributed by atoms with van der Waals surface area (Å²) in [5.74, 6) is -1.26. The van der Waals surface area contributed by atoms with Crippen molar-refractivity contribution in [2.45, 2.75) is 12.8 Å². The van der Waals surface area contributed by atoms with Gasteiger partial charge in [0.1, 0.15) is 12.1 Å². The van der Waals surface area contributed by atoms with Gasteiger partial charge in [0.15, 0.2) is 0 Å². The molecule has 0 saturated carbocycles. The number of carbonyl (C=O) groups is 1. The first-order valence-electron chi connectivity index (χ1n) is 3.95. The van der Waals surface area contributed by atoms with Crippen LogP contribution in [0.15, 0.2) is 18.2 Å². The molecule has 0 heterocycles. The van der Waals surface area contributed by atoms with Crippen LogP contribution in [-0.4, -0.2) is 11.2 Å². The molecule has 0 fully saturated rings. The van der Waals surface area contributed by atoms with E-state index in [0.29, 0.717) is 6.29 Å². The van der Waals surface area contributed by atoms with Crippen molar-refractivity contribution in [1.29, 1.82) is 0 Å². The number of aldehydes is 1.